The van der Waals surface area contributed by atoms with Crippen LogP contribution in [0, 0.1) is 0 Å². The number of furan rings is 1. The first kappa shape index (κ1) is 20.5. The van der Waals surface area contributed by atoms with Gasteiger partial charge >= 0.3 is 0 Å². The van der Waals surface area contributed by atoms with Crippen molar-refractivity contribution in [3.8, 4) is 5.75 Å². The molecule has 6 rings (SSSR count). The van der Waals surface area contributed by atoms with Gasteiger partial charge in [-0.05, 0) is 68.0 Å². The lowest BCUT2D eigenvalue weighted by molar-refractivity contribution is 0.0323. The Kier molecular flexibility index (Phi) is 5.38. The molecule has 32 heavy (non-hydrogen) atoms. The van der Waals surface area contributed by atoms with Gasteiger partial charge in [0, 0.05) is 38.6 Å². The Hall–Kier alpha value is -2.05. The zero-order chi connectivity index (χ0) is 21.7. The molecule has 3 atom stereocenters. The summed E-state index contributed by atoms with van der Waals surface area (Å²) in [4.78, 5) is 3.99. The molecule has 2 aliphatic rings. The number of thiophene rings is 1. The molecule has 2 saturated heterocycles. The van der Waals surface area contributed by atoms with Gasteiger partial charge in [0.2, 0.25) is 0 Å². The van der Waals surface area contributed by atoms with E-state index in [0.717, 1.165) is 34.6 Å². The fraction of sp³-hybridized carbons (Fsp3) is 0.385. The molecule has 2 aromatic carbocycles. The topological polar surface area (TPSA) is 45.8 Å². The fourth-order valence-electron chi connectivity index (χ4n) is 5.62. The normalized spacial score (nSPS) is 24.4. The molecule has 0 amide bonds. The number of benzene rings is 2. The largest absolute Gasteiger partial charge is 0.490 e. The van der Waals surface area contributed by atoms with Crippen LogP contribution in [-0.2, 0) is 0 Å². The highest BCUT2D eigenvalue weighted by Gasteiger charge is 2.42. The van der Waals surface area contributed by atoms with Crippen molar-refractivity contribution in [2.75, 3.05) is 13.2 Å². The third-order valence-corrected chi connectivity index (χ3v) is 8.72. The van der Waals surface area contributed by atoms with Crippen LogP contribution in [0.1, 0.15) is 36.5 Å². The molecule has 6 heteroatoms. The number of rotatable bonds is 6. The minimum Gasteiger partial charge on any atom is -0.490 e. The molecule has 166 valence electrons. The number of hydrogen-bond donors (Lipinski definition) is 1. The second-order valence-electron chi connectivity index (χ2n) is 9.10. The molecule has 0 radical (unpaired) electrons. The molecule has 0 aliphatic carbocycles. The minimum absolute atomic E-state index is 0.290. The Labute approximate surface area is 196 Å². The van der Waals surface area contributed by atoms with Crippen LogP contribution in [0.5, 0.6) is 5.75 Å². The van der Waals surface area contributed by atoms with Gasteiger partial charge in [-0.3, -0.25) is 4.90 Å². The number of nitrogens with zero attached hydrogens (tertiary/aromatic N) is 1. The monoisotopic (exact) mass is 467 g/mol. The summed E-state index contributed by atoms with van der Waals surface area (Å²) in [5, 5.41) is 13.7. The Bertz CT molecular complexity index is 1240. The SMILES string of the molecule is O[C@H](COc1cccc2occc12)CN1C2CCC1CC(c1cc3c(Cl)cccc3s1)C2. The van der Waals surface area contributed by atoms with Crippen molar-refractivity contribution in [3.05, 3.63) is 64.7 Å². The Morgan fingerprint density at radius 3 is 2.72 bits per heavy atom. The number of hydrogen-bond acceptors (Lipinski definition) is 5. The summed E-state index contributed by atoms with van der Waals surface area (Å²) in [7, 11) is 0. The van der Waals surface area contributed by atoms with Gasteiger partial charge in [-0.25, -0.2) is 0 Å². The molecule has 2 bridgehead atoms. The van der Waals surface area contributed by atoms with Gasteiger partial charge in [-0.1, -0.05) is 23.7 Å². The van der Waals surface area contributed by atoms with E-state index in [1.54, 1.807) is 6.26 Å². The molecule has 4 heterocycles. The molecular weight excluding hydrogens is 442 g/mol. The summed E-state index contributed by atoms with van der Waals surface area (Å²) in [6, 6.07) is 17.2. The molecule has 2 unspecified atom stereocenters. The maximum Gasteiger partial charge on any atom is 0.137 e. The number of aliphatic hydroxyl groups excluding tert-OH is 1. The second kappa shape index (κ2) is 8.38. The second-order valence-corrected chi connectivity index (χ2v) is 10.6. The zero-order valence-electron chi connectivity index (χ0n) is 17.7. The van der Waals surface area contributed by atoms with Gasteiger partial charge in [0.25, 0.3) is 0 Å². The minimum atomic E-state index is -0.514. The van der Waals surface area contributed by atoms with Crippen LogP contribution in [0.2, 0.25) is 5.02 Å². The number of halogens is 1. The predicted molar refractivity (Wildman–Crippen MR) is 130 cm³/mol. The summed E-state index contributed by atoms with van der Waals surface area (Å²) in [5.41, 5.74) is 0.805. The Balaban J connectivity index is 1.10. The molecule has 0 saturated carbocycles. The first-order valence-electron chi connectivity index (χ1n) is 11.4. The lowest BCUT2D eigenvalue weighted by Gasteiger charge is -2.39. The molecular formula is C26H26ClNO3S. The quantitative estimate of drug-likeness (QED) is 0.354. The molecule has 2 aliphatic heterocycles. The van der Waals surface area contributed by atoms with Crippen LogP contribution in [-0.4, -0.2) is 41.3 Å². The average molecular weight is 468 g/mol. The van der Waals surface area contributed by atoms with Crippen LogP contribution in [0.25, 0.3) is 21.1 Å². The Morgan fingerprint density at radius 2 is 1.91 bits per heavy atom. The summed E-state index contributed by atoms with van der Waals surface area (Å²) >= 11 is 8.30. The highest BCUT2D eigenvalue weighted by Crippen LogP contribution is 2.46. The predicted octanol–water partition coefficient (Wildman–Crippen LogP) is 6.45. The first-order valence-corrected chi connectivity index (χ1v) is 12.6. The van der Waals surface area contributed by atoms with Crippen molar-refractivity contribution in [2.24, 2.45) is 0 Å². The van der Waals surface area contributed by atoms with E-state index in [4.69, 9.17) is 20.8 Å². The van der Waals surface area contributed by atoms with Crippen molar-refractivity contribution in [1.29, 1.82) is 0 Å². The number of aliphatic hydroxyl groups is 1. The molecule has 2 fully saturated rings. The average Bonchev–Trinajstić information content (AvgIpc) is 3.49. The number of piperidine rings is 1. The van der Waals surface area contributed by atoms with E-state index in [9.17, 15) is 5.11 Å². The highest BCUT2D eigenvalue weighted by atomic mass is 35.5. The molecule has 1 N–H and O–H groups in total. The van der Waals surface area contributed by atoms with Crippen LogP contribution >= 0.6 is 22.9 Å². The van der Waals surface area contributed by atoms with E-state index >= 15 is 0 Å². The molecule has 4 nitrogen and oxygen atoms in total. The van der Waals surface area contributed by atoms with E-state index in [1.165, 1.54) is 27.8 Å². The molecule has 4 aromatic rings. The molecule has 0 spiro atoms. The van der Waals surface area contributed by atoms with Crippen molar-refractivity contribution in [3.63, 3.8) is 0 Å². The molecule has 2 aromatic heterocycles. The smallest absolute Gasteiger partial charge is 0.137 e. The van der Waals surface area contributed by atoms with Crippen molar-refractivity contribution in [2.45, 2.75) is 49.8 Å². The number of ether oxygens (including phenoxy) is 1. The summed E-state index contributed by atoms with van der Waals surface area (Å²) in [5.74, 6) is 1.35. The summed E-state index contributed by atoms with van der Waals surface area (Å²) < 4.78 is 12.7. The van der Waals surface area contributed by atoms with E-state index in [0.29, 0.717) is 31.2 Å². The van der Waals surface area contributed by atoms with E-state index in [2.05, 4.69) is 17.0 Å². The standard InChI is InChI=1S/C26H26ClNO3S/c27-22-3-1-6-25-21(22)13-26(32-25)16-11-17-7-8-18(12-16)28(17)14-19(29)15-31-24-5-2-4-23-20(24)9-10-30-23/h1-6,9-10,13,16-19,29H,7-8,11-12,14-15H2/t16?,17?,18?,19-/m0/s1. The maximum absolute atomic E-state index is 10.8. The first-order chi connectivity index (χ1) is 15.7. The van der Waals surface area contributed by atoms with Crippen LogP contribution < -0.4 is 4.74 Å². The highest BCUT2D eigenvalue weighted by molar-refractivity contribution is 7.19. The Morgan fingerprint density at radius 1 is 1.09 bits per heavy atom. The lowest BCUT2D eigenvalue weighted by Crippen LogP contribution is -2.47. The van der Waals surface area contributed by atoms with Gasteiger partial charge in [0.15, 0.2) is 0 Å². The fourth-order valence-corrected chi connectivity index (χ4v) is 7.13. The van der Waals surface area contributed by atoms with Gasteiger partial charge in [-0.2, -0.15) is 0 Å². The van der Waals surface area contributed by atoms with Crippen LogP contribution in [0.3, 0.4) is 0 Å². The van der Waals surface area contributed by atoms with Gasteiger partial charge in [-0.15, -0.1) is 11.3 Å². The van der Waals surface area contributed by atoms with Crippen molar-refractivity contribution >= 4 is 44.0 Å². The zero-order valence-corrected chi connectivity index (χ0v) is 19.3. The van der Waals surface area contributed by atoms with E-state index in [1.807, 2.05) is 47.7 Å². The number of fused-ring (bicyclic) bond motifs is 4. The maximum atomic E-state index is 10.8. The third-order valence-electron chi connectivity index (χ3n) is 7.12. The van der Waals surface area contributed by atoms with Gasteiger partial charge < -0.3 is 14.3 Å². The third kappa shape index (κ3) is 3.71. The lowest BCUT2D eigenvalue weighted by atomic mass is 9.89. The van der Waals surface area contributed by atoms with E-state index < -0.39 is 6.10 Å². The van der Waals surface area contributed by atoms with Gasteiger partial charge in [0.05, 0.1) is 11.6 Å². The summed E-state index contributed by atoms with van der Waals surface area (Å²) in [6.07, 6.45) is 5.90. The van der Waals surface area contributed by atoms with Crippen LogP contribution in [0.15, 0.2) is 59.2 Å². The van der Waals surface area contributed by atoms with Crippen molar-refractivity contribution < 1.29 is 14.3 Å². The van der Waals surface area contributed by atoms with Gasteiger partial charge in [0.1, 0.15) is 24.0 Å². The van der Waals surface area contributed by atoms with Crippen molar-refractivity contribution in [1.82, 2.24) is 4.90 Å². The van der Waals surface area contributed by atoms with E-state index in [-0.39, 0.29) is 0 Å². The van der Waals surface area contributed by atoms with Crippen LogP contribution in [0.4, 0.5) is 0 Å². The summed E-state index contributed by atoms with van der Waals surface area (Å²) in [6.45, 7) is 0.958.